The summed E-state index contributed by atoms with van der Waals surface area (Å²) in [6.45, 7) is 1.99. The van der Waals surface area contributed by atoms with Gasteiger partial charge in [0.15, 0.2) is 0 Å². The Hall–Kier alpha value is -2.80. The molecule has 0 atom stereocenters. The summed E-state index contributed by atoms with van der Waals surface area (Å²) in [4.78, 5) is 19.4. The number of benzene rings is 2. The number of aryl methyl sites for hydroxylation is 1. The van der Waals surface area contributed by atoms with Gasteiger partial charge in [0.25, 0.3) is 0 Å². The third-order valence-electron chi connectivity index (χ3n) is 6.03. The minimum Gasteiger partial charge on any atom is -0.377 e. The van der Waals surface area contributed by atoms with E-state index in [0.29, 0.717) is 6.04 Å². The van der Waals surface area contributed by atoms with Crippen molar-refractivity contribution in [3.05, 3.63) is 58.6 Å². The maximum absolute atomic E-state index is 12.5. The molecule has 4 rings (SSSR count). The first-order chi connectivity index (χ1) is 15.4. The average Bonchev–Trinajstić information content (AvgIpc) is 2.76. The molecule has 3 aromatic rings. The summed E-state index contributed by atoms with van der Waals surface area (Å²) in [6, 6.07) is 16.6. The summed E-state index contributed by atoms with van der Waals surface area (Å²) in [5.41, 5.74) is 4.02. The van der Waals surface area contributed by atoms with Gasteiger partial charge in [-0.25, -0.2) is 9.78 Å². The number of halogens is 1. The van der Waals surface area contributed by atoms with Crippen molar-refractivity contribution in [1.29, 1.82) is 0 Å². The second-order valence-corrected chi connectivity index (χ2v) is 9.60. The van der Waals surface area contributed by atoms with Crippen molar-refractivity contribution in [2.45, 2.75) is 44.7 Å². The fraction of sp³-hybridized carbons (Fsp3) is 0.360. The van der Waals surface area contributed by atoms with Crippen LogP contribution in [0.25, 0.3) is 10.9 Å². The smallest absolute Gasteiger partial charge is 0.319 e. The monoisotopic (exact) mass is 495 g/mol. The number of carbonyl (C=O) groups excluding carboxylic acids is 1. The van der Waals surface area contributed by atoms with E-state index < -0.39 is 0 Å². The van der Waals surface area contributed by atoms with Gasteiger partial charge in [-0.2, -0.15) is 0 Å². The number of rotatable bonds is 5. The average molecular weight is 496 g/mol. The normalized spacial score (nSPS) is 18.2. The Balaban J connectivity index is 1.32. The Labute approximate surface area is 197 Å². The van der Waals surface area contributed by atoms with Crippen LogP contribution in [-0.4, -0.2) is 37.2 Å². The van der Waals surface area contributed by atoms with Gasteiger partial charge in [0.05, 0.1) is 5.52 Å². The number of carbonyl (C=O) groups is 1. The topological polar surface area (TPSA) is 69.3 Å². The first-order valence-corrected chi connectivity index (χ1v) is 11.9. The van der Waals surface area contributed by atoms with Crippen molar-refractivity contribution >= 4 is 50.1 Å². The Morgan fingerprint density at radius 2 is 1.75 bits per heavy atom. The summed E-state index contributed by atoms with van der Waals surface area (Å²) >= 11 is 3.45. The van der Waals surface area contributed by atoms with Crippen LogP contribution < -0.4 is 20.9 Å². The van der Waals surface area contributed by atoms with Crippen LogP contribution in [0.4, 0.5) is 22.0 Å². The van der Waals surface area contributed by atoms with Crippen LogP contribution in [0.3, 0.4) is 0 Å². The molecule has 1 fully saturated rings. The van der Waals surface area contributed by atoms with Crippen LogP contribution >= 0.6 is 15.9 Å². The van der Waals surface area contributed by atoms with E-state index in [1.165, 1.54) is 0 Å². The molecule has 0 unspecified atom stereocenters. The molecule has 2 aromatic carbocycles. The molecule has 6 nitrogen and oxygen atoms in total. The van der Waals surface area contributed by atoms with Gasteiger partial charge < -0.3 is 20.9 Å². The van der Waals surface area contributed by atoms with E-state index in [9.17, 15) is 4.79 Å². The SMILES string of the molecule is Cc1cc(Br)ccc1NC(=O)N[C@H]1CC[C@@H](Nc2cc(N(C)C)c3ccccc3n2)CC1. The molecular weight excluding hydrogens is 466 g/mol. The maximum Gasteiger partial charge on any atom is 0.319 e. The molecule has 3 N–H and O–H groups in total. The highest BCUT2D eigenvalue weighted by Gasteiger charge is 2.23. The lowest BCUT2D eigenvalue weighted by molar-refractivity contribution is 0.243. The molecule has 1 saturated carbocycles. The minimum absolute atomic E-state index is 0.140. The van der Waals surface area contributed by atoms with E-state index in [4.69, 9.17) is 4.98 Å². The quantitative estimate of drug-likeness (QED) is 0.411. The molecule has 7 heteroatoms. The third-order valence-corrected chi connectivity index (χ3v) is 6.52. The second-order valence-electron chi connectivity index (χ2n) is 8.69. The molecule has 0 aliphatic heterocycles. The van der Waals surface area contributed by atoms with Gasteiger partial charge in [0, 0.05) is 53.5 Å². The van der Waals surface area contributed by atoms with Crippen LogP contribution in [0, 0.1) is 6.92 Å². The number of amides is 2. The molecule has 168 valence electrons. The van der Waals surface area contributed by atoms with E-state index in [1.54, 1.807) is 0 Å². The highest BCUT2D eigenvalue weighted by atomic mass is 79.9. The Morgan fingerprint density at radius 3 is 2.47 bits per heavy atom. The van der Waals surface area contributed by atoms with Crippen molar-refractivity contribution in [3.63, 3.8) is 0 Å². The molecule has 1 aliphatic rings. The first kappa shape index (κ1) is 22.4. The van der Waals surface area contributed by atoms with Crippen LogP contribution in [0.2, 0.25) is 0 Å². The maximum atomic E-state index is 12.5. The van der Waals surface area contributed by atoms with Gasteiger partial charge in [0.1, 0.15) is 5.82 Å². The van der Waals surface area contributed by atoms with Crippen molar-refractivity contribution in [1.82, 2.24) is 10.3 Å². The molecule has 1 aromatic heterocycles. The van der Waals surface area contributed by atoms with E-state index in [1.807, 2.05) is 37.3 Å². The zero-order valence-corrected chi connectivity index (χ0v) is 20.4. The summed E-state index contributed by atoms with van der Waals surface area (Å²) in [6.07, 6.45) is 3.87. The van der Waals surface area contributed by atoms with Crippen LogP contribution in [-0.2, 0) is 0 Å². The number of nitrogens with zero attached hydrogens (tertiary/aromatic N) is 2. The molecule has 32 heavy (non-hydrogen) atoms. The van der Waals surface area contributed by atoms with E-state index in [-0.39, 0.29) is 12.1 Å². The number of fused-ring (bicyclic) bond motifs is 1. The number of para-hydroxylation sites is 1. The van der Waals surface area contributed by atoms with Crippen LogP contribution in [0.1, 0.15) is 31.2 Å². The van der Waals surface area contributed by atoms with E-state index in [2.05, 4.69) is 69.1 Å². The lowest BCUT2D eigenvalue weighted by Gasteiger charge is -2.30. The first-order valence-electron chi connectivity index (χ1n) is 11.1. The van der Waals surface area contributed by atoms with Crippen molar-refractivity contribution in [2.24, 2.45) is 0 Å². The molecule has 0 bridgehead atoms. The molecule has 1 aliphatic carbocycles. The molecule has 0 spiro atoms. The van der Waals surface area contributed by atoms with Gasteiger partial charge in [0.2, 0.25) is 0 Å². The molecule has 2 amide bonds. The van der Waals surface area contributed by atoms with Gasteiger partial charge in [-0.15, -0.1) is 0 Å². The van der Waals surface area contributed by atoms with Crippen molar-refractivity contribution < 1.29 is 4.79 Å². The van der Waals surface area contributed by atoms with Gasteiger partial charge in [-0.3, -0.25) is 0 Å². The number of aromatic nitrogens is 1. The zero-order chi connectivity index (χ0) is 22.7. The Kier molecular flexibility index (Phi) is 6.84. The number of hydrogen-bond donors (Lipinski definition) is 3. The number of pyridine rings is 1. The van der Waals surface area contributed by atoms with Crippen LogP contribution in [0.15, 0.2) is 53.0 Å². The Bertz CT molecular complexity index is 1110. The lowest BCUT2D eigenvalue weighted by Crippen LogP contribution is -2.42. The minimum atomic E-state index is -0.140. The van der Waals surface area contributed by atoms with Crippen LogP contribution in [0.5, 0.6) is 0 Å². The number of hydrogen-bond acceptors (Lipinski definition) is 4. The largest absolute Gasteiger partial charge is 0.377 e. The summed E-state index contributed by atoms with van der Waals surface area (Å²) in [5, 5.41) is 10.9. The predicted molar refractivity (Wildman–Crippen MR) is 137 cm³/mol. The number of urea groups is 1. The van der Waals surface area contributed by atoms with Gasteiger partial charge in [-0.05, 0) is 62.4 Å². The molecule has 0 radical (unpaired) electrons. The van der Waals surface area contributed by atoms with Crippen molar-refractivity contribution in [3.8, 4) is 0 Å². The molecule has 1 heterocycles. The van der Waals surface area contributed by atoms with E-state index >= 15 is 0 Å². The van der Waals surface area contributed by atoms with Crippen molar-refractivity contribution in [2.75, 3.05) is 29.6 Å². The fourth-order valence-electron chi connectivity index (χ4n) is 4.30. The number of anilines is 3. The van der Waals surface area contributed by atoms with E-state index in [0.717, 1.165) is 63.8 Å². The number of nitrogens with one attached hydrogen (secondary N) is 3. The highest BCUT2D eigenvalue weighted by molar-refractivity contribution is 9.10. The third kappa shape index (κ3) is 5.33. The fourth-order valence-corrected chi connectivity index (χ4v) is 4.78. The summed E-state index contributed by atoms with van der Waals surface area (Å²) < 4.78 is 1.00. The molecule has 0 saturated heterocycles. The zero-order valence-electron chi connectivity index (χ0n) is 18.8. The molecular formula is C25H30BrN5O. The van der Waals surface area contributed by atoms with Gasteiger partial charge in [-0.1, -0.05) is 34.1 Å². The lowest BCUT2D eigenvalue weighted by atomic mass is 9.91. The Morgan fingerprint density at radius 1 is 1.03 bits per heavy atom. The standard InChI is InChI=1S/C25H30BrN5O/c1-16-14-17(26)8-13-21(16)30-25(32)28-19-11-9-18(10-12-19)27-24-15-23(31(2)3)20-6-4-5-7-22(20)29-24/h4-8,13-15,18-19H,9-12H2,1-3H3,(H,27,29)(H2,28,30,32)/t18-,19+. The summed E-state index contributed by atoms with van der Waals surface area (Å²) in [7, 11) is 4.12. The highest BCUT2D eigenvalue weighted by Crippen LogP contribution is 2.29. The van der Waals surface area contributed by atoms with Gasteiger partial charge >= 0.3 is 6.03 Å². The second kappa shape index (κ2) is 9.77. The summed E-state index contributed by atoms with van der Waals surface area (Å²) in [5.74, 6) is 0.910. The predicted octanol–water partition coefficient (Wildman–Crippen LogP) is 5.92.